The van der Waals surface area contributed by atoms with Gasteiger partial charge in [0.15, 0.2) is 0 Å². The second kappa shape index (κ2) is 7.70. The zero-order valence-electron chi connectivity index (χ0n) is 12.9. The Morgan fingerprint density at radius 1 is 0.952 bits per heavy atom. The van der Waals surface area contributed by atoms with Gasteiger partial charge in [-0.15, -0.1) is 0 Å². The third kappa shape index (κ3) is 4.23. The molecule has 0 aliphatic rings. The van der Waals surface area contributed by atoms with E-state index in [2.05, 4.69) is 24.4 Å². The van der Waals surface area contributed by atoms with Gasteiger partial charge < -0.3 is 14.8 Å². The minimum absolute atomic E-state index is 0.0235. The molecule has 2 atom stereocenters. The average molecular weight is 285 g/mol. The maximum atomic E-state index is 6.04. The highest BCUT2D eigenvalue weighted by Gasteiger charge is 2.18. The summed E-state index contributed by atoms with van der Waals surface area (Å²) < 4.78 is 11.5. The van der Waals surface area contributed by atoms with E-state index in [-0.39, 0.29) is 12.1 Å². The molecule has 21 heavy (non-hydrogen) atoms. The first-order valence-corrected chi connectivity index (χ1v) is 7.36. The number of likely N-dealkylation sites (N-methyl/N-ethyl adjacent to an activating group) is 1. The molecular weight excluding hydrogens is 262 g/mol. The van der Waals surface area contributed by atoms with Crippen molar-refractivity contribution in [2.45, 2.75) is 26.0 Å². The van der Waals surface area contributed by atoms with Crippen molar-refractivity contribution in [3.8, 4) is 11.5 Å². The summed E-state index contributed by atoms with van der Waals surface area (Å²) in [6.45, 7) is 4.72. The van der Waals surface area contributed by atoms with Gasteiger partial charge in [-0.3, -0.25) is 0 Å². The van der Waals surface area contributed by atoms with Crippen molar-refractivity contribution in [1.29, 1.82) is 0 Å². The molecule has 0 heterocycles. The molecule has 0 saturated heterocycles. The minimum atomic E-state index is 0.0235. The van der Waals surface area contributed by atoms with Gasteiger partial charge in [-0.1, -0.05) is 30.3 Å². The number of benzene rings is 2. The van der Waals surface area contributed by atoms with Crippen LogP contribution in [0, 0.1) is 0 Å². The van der Waals surface area contributed by atoms with Gasteiger partial charge in [0, 0.05) is 0 Å². The molecule has 0 radical (unpaired) electrons. The van der Waals surface area contributed by atoms with E-state index in [1.165, 1.54) is 5.56 Å². The second-order valence-electron chi connectivity index (χ2n) is 4.90. The van der Waals surface area contributed by atoms with Gasteiger partial charge in [-0.2, -0.15) is 0 Å². The molecule has 0 saturated carbocycles. The van der Waals surface area contributed by atoms with Crippen molar-refractivity contribution < 1.29 is 9.47 Å². The van der Waals surface area contributed by atoms with Crippen LogP contribution in [0.25, 0.3) is 0 Å². The summed E-state index contributed by atoms with van der Waals surface area (Å²) in [6, 6.07) is 18.2. The first kappa shape index (κ1) is 15.4. The molecule has 0 spiro atoms. The number of rotatable bonds is 7. The van der Waals surface area contributed by atoms with Crippen LogP contribution < -0.4 is 14.8 Å². The van der Waals surface area contributed by atoms with E-state index in [9.17, 15) is 0 Å². The van der Waals surface area contributed by atoms with Crippen molar-refractivity contribution in [1.82, 2.24) is 5.32 Å². The Balaban J connectivity index is 2.03. The SMILES string of the molecule is CCOc1ccc(OC(C)C(NC)c2ccccc2)cc1. The van der Waals surface area contributed by atoms with E-state index in [1.807, 2.05) is 56.4 Å². The molecule has 3 nitrogen and oxygen atoms in total. The fourth-order valence-electron chi connectivity index (χ4n) is 2.40. The molecule has 2 rings (SSSR count). The van der Waals surface area contributed by atoms with Crippen molar-refractivity contribution in [2.24, 2.45) is 0 Å². The third-order valence-corrected chi connectivity index (χ3v) is 3.40. The van der Waals surface area contributed by atoms with Crippen molar-refractivity contribution in [3.63, 3.8) is 0 Å². The van der Waals surface area contributed by atoms with Gasteiger partial charge in [0.1, 0.15) is 17.6 Å². The van der Waals surface area contributed by atoms with Crippen molar-refractivity contribution >= 4 is 0 Å². The summed E-state index contributed by atoms with van der Waals surface area (Å²) in [6.07, 6.45) is 0.0235. The Bertz CT molecular complexity index is 525. The number of nitrogens with one attached hydrogen (secondary N) is 1. The zero-order valence-corrected chi connectivity index (χ0v) is 12.9. The topological polar surface area (TPSA) is 30.5 Å². The van der Waals surface area contributed by atoms with Crippen LogP contribution in [0.1, 0.15) is 25.5 Å². The van der Waals surface area contributed by atoms with Gasteiger partial charge in [0.05, 0.1) is 12.6 Å². The van der Waals surface area contributed by atoms with Crippen LogP contribution in [0.5, 0.6) is 11.5 Å². The van der Waals surface area contributed by atoms with Gasteiger partial charge in [0.25, 0.3) is 0 Å². The van der Waals surface area contributed by atoms with Crippen LogP contribution in [0.15, 0.2) is 54.6 Å². The molecule has 0 aromatic heterocycles. The van der Waals surface area contributed by atoms with Crippen LogP contribution >= 0.6 is 0 Å². The second-order valence-corrected chi connectivity index (χ2v) is 4.90. The molecule has 0 aliphatic heterocycles. The lowest BCUT2D eigenvalue weighted by Gasteiger charge is -2.25. The maximum Gasteiger partial charge on any atom is 0.120 e. The normalized spacial score (nSPS) is 13.5. The summed E-state index contributed by atoms with van der Waals surface area (Å²) in [4.78, 5) is 0. The highest BCUT2D eigenvalue weighted by atomic mass is 16.5. The largest absolute Gasteiger partial charge is 0.494 e. The quantitative estimate of drug-likeness (QED) is 0.839. The highest BCUT2D eigenvalue weighted by molar-refractivity contribution is 5.31. The molecule has 0 aliphatic carbocycles. The molecule has 0 bridgehead atoms. The van der Waals surface area contributed by atoms with Crippen LogP contribution in [-0.4, -0.2) is 19.8 Å². The molecular formula is C18H23NO2. The van der Waals surface area contributed by atoms with Gasteiger partial charge in [-0.05, 0) is 50.7 Å². The van der Waals surface area contributed by atoms with Crippen LogP contribution in [-0.2, 0) is 0 Å². The predicted octanol–water partition coefficient (Wildman–Crippen LogP) is 3.81. The minimum Gasteiger partial charge on any atom is -0.494 e. The molecule has 2 unspecified atom stereocenters. The molecule has 0 amide bonds. The lowest BCUT2D eigenvalue weighted by molar-refractivity contribution is 0.175. The van der Waals surface area contributed by atoms with E-state index in [0.29, 0.717) is 6.61 Å². The molecule has 3 heteroatoms. The Morgan fingerprint density at radius 3 is 2.14 bits per heavy atom. The Hall–Kier alpha value is -2.00. The molecule has 2 aromatic rings. The van der Waals surface area contributed by atoms with Crippen LogP contribution in [0.2, 0.25) is 0 Å². The van der Waals surface area contributed by atoms with E-state index in [1.54, 1.807) is 0 Å². The van der Waals surface area contributed by atoms with Crippen LogP contribution in [0.3, 0.4) is 0 Å². The van der Waals surface area contributed by atoms with E-state index in [0.717, 1.165) is 11.5 Å². The van der Waals surface area contributed by atoms with Crippen molar-refractivity contribution in [2.75, 3.05) is 13.7 Å². The predicted molar refractivity (Wildman–Crippen MR) is 85.9 cm³/mol. The fourth-order valence-corrected chi connectivity index (χ4v) is 2.40. The summed E-state index contributed by atoms with van der Waals surface area (Å²) in [5, 5.41) is 3.32. The standard InChI is InChI=1S/C18H23NO2/c1-4-20-16-10-12-17(13-11-16)21-14(2)18(19-3)15-8-6-5-7-9-15/h5-14,18-19H,4H2,1-3H3. The lowest BCUT2D eigenvalue weighted by Crippen LogP contribution is -2.31. The monoisotopic (exact) mass is 285 g/mol. The van der Waals surface area contributed by atoms with E-state index < -0.39 is 0 Å². The smallest absolute Gasteiger partial charge is 0.120 e. The Morgan fingerprint density at radius 2 is 1.57 bits per heavy atom. The summed E-state index contributed by atoms with van der Waals surface area (Å²) in [7, 11) is 1.95. The molecule has 1 N–H and O–H groups in total. The van der Waals surface area contributed by atoms with E-state index in [4.69, 9.17) is 9.47 Å². The first-order chi connectivity index (χ1) is 10.2. The highest BCUT2D eigenvalue weighted by Crippen LogP contribution is 2.23. The van der Waals surface area contributed by atoms with Crippen LogP contribution in [0.4, 0.5) is 0 Å². The molecule has 2 aromatic carbocycles. The third-order valence-electron chi connectivity index (χ3n) is 3.40. The summed E-state index contributed by atoms with van der Waals surface area (Å²) in [5.41, 5.74) is 1.22. The maximum absolute atomic E-state index is 6.04. The number of hydrogen-bond acceptors (Lipinski definition) is 3. The lowest BCUT2D eigenvalue weighted by atomic mass is 10.0. The van der Waals surface area contributed by atoms with Gasteiger partial charge >= 0.3 is 0 Å². The van der Waals surface area contributed by atoms with Crippen molar-refractivity contribution in [3.05, 3.63) is 60.2 Å². The number of ether oxygens (including phenoxy) is 2. The van der Waals surface area contributed by atoms with Gasteiger partial charge in [-0.25, -0.2) is 0 Å². The summed E-state index contributed by atoms with van der Waals surface area (Å²) >= 11 is 0. The van der Waals surface area contributed by atoms with E-state index >= 15 is 0 Å². The van der Waals surface area contributed by atoms with Gasteiger partial charge in [0.2, 0.25) is 0 Å². The summed E-state index contributed by atoms with van der Waals surface area (Å²) in [5.74, 6) is 1.72. The fraction of sp³-hybridized carbons (Fsp3) is 0.333. The Kier molecular flexibility index (Phi) is 5.64. The first-order valence-electron chi connectivity index (χ1n) is 7.36. The average Bonchev–Trinajstić information content (AvgIpc) is 2.51. The molecule has 0 fully saturated rings. The number of hydrogen-bond donors (Lipinski definition) is 1. The molecule has 112 valence electrons. The Labute approximate surface area is 126 Å². The zero-order chi connectivity index (χ0) is 15.1.